The molecule has 2 aliphatic carbocycles. The van der Waals surface area contributed by atoms with Gasteiger partial charge in [-0.3, -0.25) is 0 Å². The standard InChI is InChI=1S/C11H20/c1-3-9-6-10-4-8(2)5-11(10)7-9/h8-11H,3-7H2,1-2H3/t8?,9?,10-,11+. The molecule has 2 rings (SSSR count). The van der Waals surface area contributed by atoms with E-state index < -0.39 is 0 Å². The number of rotatable bonds is 1. The van der Waals surface area contributed by atoms with Gasteiger partial charge in [0.1, 0.15) is 0 Å². The largest absolute Gasteiger partial charge is 0.0651 e. The third-order valence-corrected chi connectivity index (χ3v) is 3.93. The Hall–Kier alpha value is 0. The number of hydrogen-bond donors (Lipinski definition) is 0. The van der Waals surface area contributed by atoms with Gasteiger partial charge in [-0.25, -0.2) is 0 Å². The van der Waals surface area contributed by atoms with Gasteiger partial charge in [0.05, 0.1) is 0 Å². The molecular formula is C11H20. The Morgan fingerprint density at radius 2 is 1.55 bits per heavy atom. The zero-order valence-electron chi connectivity index (χ0n) is 7.84. The molecule has 0 N–H and O–H groups in total. The van der Waals surface area contributed by atoms with Crippen LogP contribution >= 0.6 is 0 Å². The first kappa shape index (κ1) is 7.64. The molecule has 2 fully saturated rings. The molecule has 11 heavy (non-hydrogen) atoms. The Bertz CT molecular complexity index is 125. The van der Waals surface area contributed by atoms with E-state index in [4.69, 9.17) is 0 Å². The Morgan fingerprint density at radius 3 is 2.00 bits per heavy atom. The molecule has 0 aliphatic heterocycles. The van der Waals surface area contributed by atoms with Crippen LogP contribution < -0.4 is 0 Å². The van der Waals surface area contributed by atoms with Crippen LogP contribution in [0.1, 0.15) is 46.0 Å². The van der Waals surface area contributed by atoms with Crippen molar-refractivity contribution < 1.29 is 0 Å². The zero-order chi connectivity index (χ0) is 7.84. The second-order valence-electron chi connectivity index (χ2n) is 4.84. The van der Waals surface area contributed by atoms with E-state index in [1.807, 2.05) is 0 Å². The van der Waals surface area contributed by atoms with Gasteiger partial charge in [-0.1, -0.05) is 20.3 Å². The van der Waals surface area contributed by atoms with Crippen molar-refractivity contribution in [1.82, 2.24) is 0 Å². The van der Waals surface area contributed by atoms with Gasteiger partial charge in [0.2, 0.25) is 0 Å². The summed E-state index contributed by atoms with van der Waals surface area (Å²) >= 11 is 0. The summed E-state index contributed by atoms with van der Waals surface area (Å²) in [5, 5.41) is 0. The molecule has 2 unspecified atom stereocenters. The van der Waals surface area contributed by atoms with Crippen molar-refractivity contribution >= 4 is 0 Å². The molecule has 2 aliphatic rings. The monoisotopic (exact) mass is 152 g/mol. The number of fused-ring (bicyclic) bond motifs is 1. The fourth-order valence-electron chi connectivity index (χ4n) is 3.38. The molecular weight excluding hydrogens is 132 g/mol. The smallest absolute Gasteiger partial charge is 0.0380 e. The van der Waals surface area contributed by atoms with Gasteiger partial charge < -0.3 is 0 Å². The fourth-order valence-corrected chi connectivity index (χ4v) is 3.38. The molecule has 0 nitrogen and oxygen atoms in total. The minimum absolute atomic E-state index is 1.04. The van der Waals surface area contributed by atoms with Crippen LogP contribution in [0.25, 0.3) is 0 Å². The summed E-state index contributed by atoms with van der Waals surface area (Å²) in [6.07, 6.45) is 7.64. The lowest BCUT2D eigenvalue weighted by molar-refractivity contribution is 0.437. The van der Waals surface area contributed by atoms with Crippen LogP contribution in [0, 0.1) is 23.7 Å². The van der Waals surface area contributed by atoms with Crippen molar-refractivity contribution in [2.75, 3.05) is 0 Å². The van der Waals surface area contributed by atoms with E-state index in [0.717, 1.165) is 23.7 Å². The second kappa shape index (κ2) is 2.80. The predicted molar refractivity (Wildman–Crippen MR) is 48.4 cm³/mol. The topological polar surface area (TPSA) is 0 Å². The summed E-state index contributed by atoms with van der Waals surface area (Å²) in [4.78, 5) is 0. The highest BCUT2D eigenvalue weighted by molar-refractivity contribution is 4.89. The fraction of sp³-hybridized carbons (Fsp3) is 1.00. The van der Waals surface area contributed by atoms with Crippen LogP contribution in [0.4, 0.5) is 0 Å². The van der Waals surface area contributed by atoms with Gasteiger partial charge >= 0.3 is 0 Å². The first-order valence-corrected chi connectivity index (χ1v) is 5.29. The van der Waals surface area contributed by atoms with Crippen LogP contribution in [-0.4, -0.2) is 0 Å². The lowest BCUT2D eigenvalue weighted by Crippen LogP contribution is -1.96. The lowest BCUT2D eigenvalue weighted by Gasteiger charge is -2.08. The number of hydrogen-bond acceptors (Lipinski definition) is 0. The molecule has 0 aromatic heterocycles. The van der Waals surface area contributed by atoms with E-state index in [1.165, 1.54) is 6.42 Å². The Labute approximate surface area is 70.4 Å². The third-order valence-electron chi connectivity index (χ3n) is 3.93. The van der Waals surface area contributed by atoms with E-state index in [-0.39, 0.29) is 0 Å². The highest BCUT2D eigenvalue weighted by Crippen LogP contribution is 2.49. The minimum Gasteiger partial charge on any atom is -0.0651 e. The van der Waals surface area contributed by atoms with E-state index >= 15 is 0 Å². The van der Waals surface area contributed by atoms with Crippen LogP contribution in [0.5, 0.6) is 0 Å². The molecule has 0 aromatic rings. The summed E-state index contributed by atoms with van der Waals surface area (Å²) < 4.78 is 0. The van der Waals surface area contributed by atoms with Crippen LogP contribution in [0.15, 0.2) is 0 Å². The van der Waals surface area contributed by atoms with Gasteiger partial charge in [-0.2, -0.15) is 0 Å². The van der Waals surface area contributed by atoms with Crippen molar-refractivity contribution in [3.05, 3.63) is 0 Å². The maximum atomic E-state index is 2.43. The normalized spacial score (nSPS) is 49.6. The van der Waals surface area contributed by atoms with Gasteiger partial charge in [-0.15, -0.1) is 0 Å². The van der Waals surface area contributed by atoms with Crippen LogP contribution in [0.3, 0.4) is 0 Å². The van der Waals surface area contributed by atoms with E-state index in [0.29, 0.717) is 0 Å². The van der Waals surface area contributed by atoms with Crippen molar-refractivity contribution in [3.8, 4) is 0 Å². The van der Waals surface area contributed by atoms with Gasteiger partial charge in [0.15, 0.2) is 0 Å². The molecule has 0 heterocycles. The summed E-state index contributed by atoms with van der Waals surface area (Å²) in [5.41, 5.74) is 0. The average molecular weight is 152 g/mol. The van der Waals surface area contributed by atoms with Gasteiger partial charge in [0.25, 0.3) is 0 Å². The summed E-state index contributed by atoms with van der Waals surface area (Å²) in [6, 6.07) is 0. The van der Waals surface area contributed by atoms with E-state index in [9.17, 15) is 0 Å². The summed E-state index contributed by atoms with van der Waals surface area (Å²) in [6.45, 7) is 4.79. The van der Waals surface area contributed by atoms with Crippen molar-refractivity contribution in [2.45, 2.75) is 46.0 Å². The first-order valence-electron chi connectivity index (χ1n) is 5.29. The van der Waals surface area contributed by atoms with Crippen LogP contribution in [-0.2, 0) is 0 Å². The SMILES string of the molecule is CCC1C[C@H]2CC(C)C[C@H]2C1. The maximum absolute atomic E-state index is 2.43. The molecule has 4 atom stereocenters. The quantitative estimate of drug-likeness (QED) is 0.539. The second-order valence-corrected chi connectivity index (χ2v) is 4.84. The van der Waals surface area contributed by atoms with Gasteiger partial charge in [-0.05, 0) is 49.4 Å². The molecule has 0 amide bonds. The summed E-state index contributed by atoms with van der Waals surface area (Å²) in [7, 11) is 0. The van der Waals surface area contributed by atoms with Crippen molar-refractivity contribution in [1.29, 1.82) is 0 Å². The van der Waals surface area contributed by atoms with Crippen molar-refractivity contribution in [2.24, 2.45) is 23.7 Å². The highest BCUT2D eigenvalue weighted by Gasteiger charge is 2.39. The molecule has 0 spiro atoms. The maximum Gasteiger partial charge on any atom is -0.0380 e. The Balaban J connectivity index is 1.93. The van der Waals surface area contributed by atoms with E-state index in [1.54, 1.807) is 25.7 Å². The zero-order valence-corrected chi connectivity index (χ0v) is 7.84. The predicted octanol–water partition coefficient (Wildman–Crippen LogP) is 3.47. The van der Waals surface area contributed by atoms with E-state index in [2.05, 4.69) is 13.8 Å². The van der Waals surface area contributed by atoms with Crippen LogP contribution in [0.2, 0.25) is 0 Å². The highest BCUT2D eigenvalue weighted by atomic mass is 14.4. The molecule has 0 heteroatoms. The lowest BCUT2D eigenvalue weighted by atomic mass is 9.98. The molecule has 64 valence electrons. The Kier molecular flexibility index (Phi) is 1.95. The molecule has 0 radical (unpaired) electrons. The van der Waals surface area contributed by atoms with Gasteiger partial charge in [0, 0.05) is 0 Å². The van der Waals surface area contributed by atoms with Crippen molar-refractivity contribution in [3.63, 3.8) is 0 Å². The Morgan fingerprint density at radius 1 is 1.00 bits per heavy atom. The molecule has 0 bridgehead atoms. The first-order chi connectivity index (χ1) is 5.29. The molecule has 0 aromatic carbocycles. The molecule has 0 saturated heterocycles. The summed E-state index contributed by atoms with van der Waals surface area (Å²) in [5.74, 6) is 4.41. The average Bonchev–Trinajstić information content (AvgIpc) is 2.43. The molecule has 2 saturated carbocycles. The minimum atomic E-state index is 1.04. The third kappa shape index (κ3) is 1.32.